The van der Waals surface area contributed by atoms with Crippen LogP contribution in [0.25, 0.3) is 59.6 Å². The first-order chi connectivity index (χ1) is 60.1. The molecule has 8 aliphatic rings. The second-order valence-corrected chi connectivity index (χ2v) is 33.3. The summed E-state index contributed by atoms with van der Waals surface area (Å²) in [5.74, 6) is 2.34. The lowest BCUT2D eigenvalue weighted by atomic mass is 9.87. The lowest BCUT2D eigenvalue weighted by Crippen LogP contribution is -2.68. The first-order valence-electron chi connectivity index (χ1n) is 40.5. The van der Waals surface area contributed by atoms with Gasteiger partial charge in [-0.05, 0) is 136 Å². The maximum Gasteiger partial charge on any atom is 0.273 e. The van der Waals surface area contributed by atoms with Crippen LogP contribution in [-0.2, 0) is 11.3 Å². The zero-order valence-electron chi connectivity index (χ0n) is 67.8. The van der Waals surface area contributed by atoms with Crippen LogP contribution in [-0.4, -0.2) is 189 Å². The summed E-state index contributed by atoms with van der Waals surface area (Å²) in [6.07, 6.45) is 27.0. The molecule has 2 aliphatic carbocycles. The minimum atomic E-state index is -0.646. The fraction of sp³-hybridized carbons (Fsp3) is 0.344. The monoisotopic (exact) mass is 1680 g/mol. The number of anilines is 3. The normalized spacial score (nSPS) is 18.2. The number of hydrogen-bond donors (Lipinski definition) is 2. The van der Waals surface area contributed by atoms with Gasteiger partial charge in [-0.2, -0.15) is 36.3 Å². The van der Waals surface area contributed by atoms with Crippen LogP contribution in [0.2, 0.25) is 5.02 Å². The molecule has 31 nitrogen and oxygen atoms in total. The number of carbonyl (C=O) groups is 2. The third-order valence-electron chi connectivity index (χ3n) is 24.2. The van der Waals surface area contributed by atoms with Crippen molar-refractivity contribution in [2.75, 3.05) is 94.1 Å². The van der Waals surface area contributed by atoms with Gasteiger partial charge in [-0.1, -0.05) is 11.6 Å². The zero-order chi connectivity index (χ0) is 86.1. The number of nitriles is 4. The van der Waals surface area contributed by atoms with Gasteiger partial charge in [-0.15, -0.1) is 0 Å². The number of nitrogens with one attached hydrogen (secondary N) is 2. The second kappa shape index (κ2) is 33.8. The quantitative estimate of drug-likeness (QED) is 0.0595. The molecule has 12 aromatic rings. The highest BCUT2D eigenvalue weighted by molar-refractivity contribution is 6.33. The summed E-state index contributed by atoms with van der Waals surface area (Å²) >= 11 is 6.16. The predicted octanol–water partition coefficient (Wildman–Crippen LogP) is 12.6. The summed E-state index contributed by atoms with van der Waals surface area (Å²) in [5.41, 5.74) is 6.62. The Morgan fingerprint density at radius 3 is 1.36 bits per heavy atom. The number of hydrogen-bond acceptors (Lipinski definition) is 24. The lowest BCUT2D eigenvalue weighted by molar-refractivity contribution is -0.0963. The molecule has 8 fully saturated rings. The molecule has 6 aliphatic heterocycles. The van der Waals surface area contributed by atoms with Gasteiger partial charge < -0.3 is 58.7 Å². The number of ether oxygens (including phenoxy) is 5. The van der Waals surface area contributed by atoms with Crippen molar-refractivity contribution >= 4 is 57.4 Å². The molecule has 2 unspecified atom stereocenters. The fourth-order valence-corrected chi connectivity index (χ4v) is 16.4. The van der Waals surface area contributed by atoms with Crippen LogP contribution >= 0.6 is 11.6 Å². The number of nitrogens with zero attached hydrogens (tertiary/aromatic N) is 22. The van der Waals surface area contributed by atoms with Crippen molar-refractivity contribution < 1.29 is 42.1 Å². The third kappa shape index (κ3) is 16.9. The highest BCUT2D eigenvalue weighted by Crippen LogP contribution is 2.44. The molecule has 2 amide bonds. The lowest BCUT2D eigenvalue weighted by Gasteiger charge is -2.56. The average Bonchev–Trinajstić information content (AvgIpc) is 1.49. The summed E-state index contributed by atoms with van der Waals surface area (Å²) < 4.78 is 61.2. The van der Waals surface area contributed by atoms with Crippen molar-refractivity contribution in [2.24, 2.45) is 5.41 Å². The van der Waals surface area contributed by atoms with Crippen molar-refractivity contribution in [3.63, 3.8) is 0 Å². The molecule has 20 rings (SSSR count). The molecule has 624 valence electrons. The highest BCUT2D eigenvalue weighted by atomic mass is 35.5. The van der Waals surface area contributed by atoms with E-state index in [9.17, 15) is 39.4 Å². The van der Waals surface area contributed by atoms with E-state index >= 15 is 0 Å². The van der Waals surface area contributed by atoms with Gasteiger partial charge in [0.15, 0.2) is 30.5 Å². The number of rotatable bonds is 22. The van der Waals surface area contributed by atoms with Crippen LogP contribution < -0.4 is 44.3 Å². The summed E-state index contributed by atoms with van der Waals surface area (Å²) in [7, 11) is 1.41. The molecule has 0 radical (unpaired) electrons. The molecule has 2 saturated carbocycles. The van der Waals surface area contributed by atoms with E-state index in [1.54, 1.807) is 69.1 Å². The average molecular weight is 1680 g/mol. The van der Waals surface area contributed by atoms with Gasteiger partial charge in [0.2, 0.25) is 5.88 Å². The van der Waals surface area contributed by atoms with E-state index < -0.39 is 39.6 Å². The van der Waals surface area contributed by atoms with Crippen molar-refractivity contribution in [3.05, 3.63) is 232 Å². The van der Waals surface area contributed by atoms with E-state index in [0.717, 1.165) is 128 Å². The number of carbonyl (C=O) groups excluding carboxylic acids is 2. The van der Waals surface area contributed by atoms with Gasteiger partial charge in [0.05, 0.1) is 102 Å². The smallest absolute Gasteiger partial charge is 0.273 e. The van der Waals surface area contributed by atoms with Gasteiger partial charge in [0.25, 0.3) is 22.9 Å². The molecular formula is C90H81ClF2N24O7. The minimum absolute atomic E-state index is 0.0106. The molecule has 12 aromatic heterocycles. The van der Waals surface area contributed by atoms with Gasteiger partial charge in [-0.25, -0.2) is 65.4 Å². The standard InChI is InChI=1S/C30H27ClN8O2.C30H27FN8O3.C30H27FN8O2/c1-29(37-28(40)26-24(31)4-3-11-34-26)9-12-38(13-10-29)25-6-5-20(16-35-25)23-14-22(41-19-30(33-2)7-8-30)18-39-27(23)21(15-32)17-36-39;1-40-29-26(31)4-19(8-35-29)11-38-22-5-23(38)13-37(12-22)27-3-2-20(9-34-27)25-6-24(42-18-30(15-33)16-41-17-30)14-39-28(25)21(7-32)10-36-39;1-29(37-28(40)26-24(31)4-3-11-34-26)9-12-38(13-10-29)25-6-5-20(16-35-25)23-14-22(41-19-30(33-2)7-8-30)18-39-27(23)21(15-32)17-36-39/h3-6,11,14,16-18H,7-10,12-13,19H2,1H3,(H,37,40);2-4,6,8-10,14,22-23H,5,11-13,16-18H2,1H3;3-6,11,14,16-18H,7-10,12-13,19H2,1H3,(H,37,40). The zero-order valence-corrected chi connectivity index (χ0v) is 68.6. The number of aromatic nitrogens is 12. The molecule has 34 heteroatoms. The van der Waals surface area contributed by atoms with Crippen LogP contribution in [0, 0.1) is 75.5 Å². The summed E-state index contributed by atoms with van der Waals surface area (Å²) in [4.78, 5) is 68.2. The van der Waals surface area contributed by atoms with Gasteiger partial charge in [0.1, 0.15) is 70.6 Å². The van der Waals surface area contributed by atoms with Crippen LogP contribution in [0.4, 0.5) is 26.2 Å². The molecule has 2 bridgehead atoms. The second-order valence-electron chi connectivity index (χ2n) is 32.9. The molecule has 18 heterocycles. The number of halogens is 3. The maximum atomic E-state index is 14.1. The van der Waals surface area contributed by atoms with E-state index in [1.807, 2.05) is 74.6 Å². The Labute approximate surface area is 716 Å². The van der Waals surface area contributed by atoms with Crippen LogP contribution in [0.15, 0.2) is 159 Å². The van der Waals surface area contributed by atoms with Crippen LogP contribution in [0.5, 0.6) is 23.1 Å². The van der Waals surface area contributed by atoms with Crippen molar-refractivity contribution in [3.8, 4) is 80.8 Å². The summed E-state index contributed by atoms with van der Waals surface area (Å²) in [6, 6.07) is 34.6. The topological polar surface area (TPSA) is 350 Å². The van der Waals surface area contributed by atoms with Crippen LogP contribution in [0.3, 0.4) is 0 Å². The number of piperidine rings is 3. The molecule has 6 saturated heterocycles. The highest BCUT2D eigenvalue weighted by Gasteiger charge is 2.53. The molecule has 124 heavy (non-hydrogen) atoms. The third-order valence-corrected chi connectivity index (χ3v) is 24.5. The van der Waals surface area contributed by atoms with E-state index in [4.69, 9.17) is 63.4 Å². The maximum absolute atomic E-state index is 14.1. The van der Waals surface area contributed by atoms with Crippen LogP contribution in [0.1, 0.15) is 115 Å². The number of pyridine rings is 9. The van der Waals surface area contributed by atoms with Gasteiger partial charge in [0, 0.05) is 165 Å². The Balaban J connectivity index is 0.000000132. The van der Waals surface area contributed by atoms with E-state index in [1.165, 1.54) is 50.1 Å². The fourth-order valence-electron chi connectivity index (χ4n) is 16.2. The number of fused-ring (bicyclic) bond motifs is 5. The molecular weight excluding hydrogens is 1600 g/mol. The minimum Gasteiger partial charge on any atom is -0.490 e. The Morgan fingerprint density at radius 2 is 0.984 bits per heavy atom. The Morgan fingerprint density at radius 1 is 0.548 bits per heavy atom. The van der Waals surface area contributed by atoms with Crippen molar-refractivity contribution in [1.29, 1.82) is 21.0 Å². The van der Waals surface area contributed by atoms with Gasteiger partial charge >= 0.3 is 0 Å². The first kappa shape index (κ1) is 81.9. The first-order valence-corrected chi connectivity index (χ1v) is 40.8. The number of methoxy groups -OCH3 is 1. The summed E-state index contributed by atoms with van der Waals surface area (Å²) in [5, 5.41) is 58.0. The largest absolute Gasteiger partial charge is 0.490 e. The Kier molecular flexibility index (Phi) is 22.3. The summed E-state index contributed by atoms with van der Waals surface area (Å²) in [6.45, 7) is 25.4. The predicted molar refractivity (Wildman–Crippen MR) is 451 cm³/mol. The van der Waals surface area contributed by atoms with Gasteiger partial charge in [-0.3, -0.25) is 14.5 Å². The van der Waals surface area contributed by atoms with E-state index in [0.29, 0.717) is 126 Å². The van der Waals surface area contributed by atoms with Crippen molar-refractivity contribution in [1.82, 2.24) is 74.3 Å². The molecule has 2 N–H and O–H groups in total. The Hall–Kier alpha value is -14.5. The molecule has 0 spiro atoms. The Bertz CT molecular complexity index is 6110. The van der Waals surface area contributed by atoms with E-state index in [-0.39, 0.29) is 35.3 Å². The molecule has 2 atom stereocenters. The SMILES string of the molecule is COc1ncc(CN2C3CC2CN(c2ccc(-c4cc(OCC5(C#N)COC5)cn5ncc(C#N)c45)cn2)C3)cc1F.[C-]#[N+]C1(COc2cc(-c3ccc(N4CCC(C)(NC(=O)c5ncccc5Cl)CC4)nc3)c3c(C#N)cnn3c2)CC1.[C-]#[N+]C1(COc2cc(-c3ccc(N4CCC(C)(NC(=O)c5ncccc5F)CC4)nc3)c3c(C#N)cnn3c2)CC1. The number of amides is 2. The molecule has 0 aromatic carbocycles. The number of piperazine rings is 1. The van der Waals surface area contributed by atoms with Crippen molar-refractivity contribution in [2.45, 2.75) is 112 Å². The van der Waals surface area contributed by atoms with E-state index in [2.05, 4.69) is 94.4 Å².